The first-order chi connectivity index (χ1) is 7.58. The third-order valence-electron chi connectivity index (χ3n) is 2.13. The molecular formula is C9H12ClN5O. The fourth-order valence-corrected chi connectivity index (χ4v) is 1.51. The number of nitrogens with zero attached hydrogens (tertiary/aromatic N) is 3. The highest BCUT2D eigenvalue weighted by Crippen LogP contribution is 2.08. The van der Waals surface area contributed by atoms with Gasteiger partial charge in [0.05, 0.1) is 0 Å². The summed E-state index contributed by atoms with van der Waals surface area (Å²) in [6.45, 7) is 4.25. The molecule has 0 spiro atoms. The average molecular weight is 242 g/mol. The second kappa shape index (κ2) is 4.13. The van der Waals surface area contributed by atoms with Crippen LogP contribution in [0.3, 0.4) is 0 Å². The first kappa shape index (κ1) is 10.9. The Morgan fingerprint density at radius 1 is 1.69 bits per heavy atom. The van der Waals surface area contributed by atoms with Crippen molar-refractivity contribution in [2.75, 3.05) is 11.9 Å². The van der Waals surface area contributed by atoms with Crippen molar-refractivity contribution in [1.29, 1.82) is 0 Å². The van der Waals surface area contributed by atoms with Crippen LogP contribution < -0.4 is 11.0 Å². The number of aromatic nitrogens is 4. The Balaban J connectivity index is 2.39. The molecule has 1 unspecified atom stereocenters. The molecule has 0 aliphatic carbocycles. The molecule has 0 saturated heterocycles. The number of halogens is 1. The number of aromatic amines is 1. The molecule has 0 fully saturated rings. The molecule has 0 aliphatic heterocycles. The monoisotopic (exact) mass is 241 g/mol. The number of aryl methyl sites for hydroxylation is 1. The van der Waals surface area contributed by atoms with Crippen LogP contribution in [0, 0.1) is 6.92 Å². The van der Waals surface area contributed by atoms with Gasteiger partial charge in [0.25, 0.3) is 0 Å². The van der Waals surface area contributed by atoms with Crippen LogP contribution in [-0.2, 0) is 0 Å². The predicted molar refractivity (Wildman–Crippen MR) is 62.1 cm³/mol. The Morgan fingerprint density at radius 2 is 2.44 bits per heavy atom. The van der Waals surface area contributed by atoms with Crippen molar-refractivity contribution in [2.45, 2.75) is 19.2 Å². The Labute approximate surface area is 96.7 Å². The lowest BCUT2D eigenvalue weighted by Gasteiger charge is -2.07. The van der Waals surface area contributed by atoms with Crippen LogP contribution in [0.5, 0.6) is 0 Å². The van der Waals surface area contributed by atoms with E-state index in [2.05, 4.69) is 20.5 Å². The van der Waals surface area contributed by atoms with Crippen molar-refractivity contribution in [1.82, 2.24) is 19.6 Å². The minimum Gasteiger partial charge on any atom is -0.368 e. The van der Waals surface area contributed by atoms with Crippen LogP contribution >= 0.6 is 11.6 Å². The zero-order chi connectivity index (χ0) is 11.7. The lowest BCUT2D eigenvalue weighted by Crippen LogP contribution is -2.16. The molecule has 0 saturated carbocycles. The number of nitrogens with one attached hydrogen (secondary N) is 2. The van der Waals surface area contributed by atoms with E-state index in [9.17, 15) is 4.79 Å². The SMILES string of the molecule is Cc1nc(NCC(C)Cl)cc2n[nH]c(=O)n12. The maximum Gasteiger partial charge on any atom is 0.349 e. The van der Waals surface area contributed by atoms with Gasteiger partial charge in [0.1, 0.15) is 11.6 Å². The molecule has 6 nitrogen and oxygen atoms in total. The molecule has 0 aromatic carbocycles. The lowest BCUT2D eigenvalue weighted by molar-refractivity contribution is 0.921. The number of H-pyrrole nitrogens is 1. The molecule has 0 bridgehead atoms. The van der Waals surface area contributed by atoms with E-state index in [1.165, 1.54) is 4.40 Å². The fraction of sp³-hybridized carbons (Fsp3) is 0.444. The third kappa shape index (κ3) is 2.01. The van der Waals surface area contributed by atoms with Gasteiger partial charge in [0, 0.05) is 18.0 Å². The minimum atomic E-state index is -0.280. The smallest absolute Gasteiger partial charge is 0.349 e. The van der Waals surface area contributed by atoms with Gasteiger partial charge in [0.15, 0.2) is 5.65 Å². The number of rotatable bonds is 3. The molecule has 86 valence electrons. The highest BCUT2D eigenvalue weighted by atomic mass is 35.5. The highest BCUT2D eigenvalue weighted by molar-refractivity contribution is 6.20. The predicted octanol–water partition coefficient (Wildman–Crippen LogP) is 0.765. The van der Waals surface area contributed by atoms with E-state index in [1.807, 2.05) is 6.92 Å². The van der Waals surface area contributed by atoms with E-state index in [1.54, 1.807) is 13.0 Å². The van der Waals surface area contributed by atoms with Gasteiger partial charge in [-0.25, -0.2) is 19.3 Å². The summed E-state index contributed by atoms with van der Waals surface area (Å²) >= 11 is 5.82. The molecular weight excluding hydrogens is 230 g/mol. The van der Waals surface area contributed by atoms with Crippen molar-refractivity contribution in [3.05, 3.63) is 22.4 Å². The van der Waals surface area contributed by atoms with Crippen LogP contribution in [0.25, 0.3) is 5.65 Å². The van der Waals surface area contributed by atoms with Crippen molar-refractivity contribution in [3.63, 3.8) is 0 Å². The molecule has 0 amide bonds. The summed E-state index contributed by atoms with van der Waals surface area (Å²) in [5.41, 5.74) is 0.263. The molecule has 16 heavy (non-hydrogen) atoms. The molecule has 2 rings (SSSR count). The maximum absolute atomic E-state index is 11.3. The number of hydrogen-bond donors (Lipinski definition) is 2. The van der Waals surface area contributed by atoms with E-state index in [0.717, 1.165) is 0 Å². The van der Waals surface area contributed by atoms with Crippen molar-refractivity contribution >= 4 is 23.1 Å². The number of fused-ring (bicyclic) bond motifs is 1. The van der Waals surface area contributed by atoms with Gasteiger partial charge < -0.3 is 5.32 Å². The maximum atomic E-state index is 11.3. The summed E-state index contributed by atoms with van der Waals surface area (Å²) in [6.07, 6.45) is 0. The van der Waals surface area contributed by atoms with Gasteiger partial charge in [0.2, 0.25) is 0 Å². The quantitative estimate of drug-likeness (QED) is 0.779. The van der Waals surface area contributed by atoms with Gasteiger partial charge in [-0.1, -0.05) is 0 Å². The lowest BCUT2D eigenvalue weighted by atomic mass is 10.4. The Hall–Kier alpha value is -1.56. The second-order valence-corrected chi connectivity index (χ2v) is 4.32. The summed E-state index contributed by atoms with van der Waals surface area (Å²) in [5, 5.41) is 9.34. The van der Waals surface area contributed by atoms with Crippen LogP contribution in [0.2, 0.25) is 0 Å². The zero-order valence-electron chi connectivity index (χ0n) is 8.99. The summed E-state index contributed by atoms with van der Waals surface area (Å²) in [6, 6.07) is 1.70. The van der Waals surface area contributed by atoms with Crippen LogP contribution in [-0.4, -0.2) is 31.5 Å². The Bertz CT molecular complexity index is 559. The summed E-state index contributed by atoms with van der Waals surface area (Å²) in [5.74, 6) is 1.25. The zero-order valence-corrected chi connectivity index (χ0v) is 9.75. The van der Waals surface area contributed by atoms with Gasteiger partial charge in [-0.3, -0.25) is 0 Å². The van der Waals surface area contributed by atoms with Crippen molar-refractivity contribution in [3.8, 4) is 0 Å². The molecule has 0 aliphatic rings. The second-order valence-electron chi connectivity index (χ2n) is 3.57. The molecule has 7 heteroatoms. The van der Waals surface area contributed by atoms with Crippen molar-refractivity contribution in [2.24, 2.45) is 0 Å². The first-order valence-corrected chi connectivity index (χ1v) is 5.34. The molecule has 0 radical (unpaired) electrons. The normalized spacial score (nSPS) is 12.9. The van der Waals surface area contributed by atoms with Gasteiger partial charge in [-0.2, -0.15) is 5.10 Å². The summed E-state index contributed by atoms with van der Waals surface area (Å²) < 4.78 is 1.41. The minimum absolute atomic E-state index is 0.0136. The third-order valence-corrected chi connectivity index (χ3v) is 2.29. The average Bonchev–Trinajstić information content (AvgIpc) is 2.58. The van der Waals surface area contributed by atoms with E-state index in [0.29, 0.717) is 23.8 Å². The van der Waals surface area contributed by atoms with Crippen LogP contribution in [0.15, 0.2) is 10.9 Å². The fourth-order valence-electron chi connectivity index (χ4n) is 1.43. The van der Waals surface area contributed by atoms with Gasteiger partial charge >= 0.3 is 5.69 Å². The largest absolute Gasteiger partial charge is 0.368 e. The summed E-state index contributed by atoms with van der Waals surface area (Å²) in [7, 11) is 0. The first-order valence-electron chi connectivity index (χ1n) is 4.90. The van der Waals surface area contributed by atoms with Crippen molar-refractivity contribution < 1.29 is 0 Å². The van der Waals surface area contributed by atoms with Crippen LogP contribution in [0.1, 0.15) is 12.7 Å². The van der Waals surface area contributed by atoms with E-state index in [-0.39, 0.29) is 11.1 Å². The molecule has 1 atom stereocenters. The number of hydrogen-bond acceptors (Lipinski definition) is 4. The van der Waals surface area contributed by atoms with E-state index >= 15 is 0 Å². The molecule has 2 N–H and O–H groups in total. The van der Waals surface area contributed by atoms with E-state index in [4.69, 9.17) is 11.6 Å². The van der Waals surface area contributed by atoms with Gasteiger partial charge in [-0.15, -0.1) is 11.6 Å². The standard InChI is InChI=1S/C9H12ClN5O/c1-5(10)4-11-7-3-8-13-14-9(16)15(8)6(2)12-7/h3,5,11H,4H2,1-2H3,(H,14,16). The summed E-state index contributed by atoms with van der Waals surface area (Å²) in [4.78, 5) is 15.6. The van der Waals surface area contributed by atoms with Crippen LogP contribution in [0.4, 0.5) is 5.82 Å². The molecule has 2 heterocycles. The molecule has 2 aromatic heterocycles. The number of anilines is 1. The Kier molecular flexibility index (Phi) is 2.82. The number of alkyl halides is 1. The topological polar surface area (TPSA) is 75.1 Å². The molecule has 2 aromatic rings. The Morgan fingerprint density at radius 3 is 3.12 bits per heavy atom. The van der Waals surface area contributed by atoms with E-state index < -0.39 is 0 Å². The highest BCUT2D eigenvalue weighted by Gasteiger charge is 2.06. The van der Waals surface area contributed by atoms with Gasteiger partial charge in [-0.05, 0) is 13.8 Å².